The molecule has 0 radical (unpaired) electrons. The molecule has 1 aliphatic rings. The summed E-state index contributed by atoms with van der Waals surface area (Å²) < 4.78 is 0. The Balaban J connectivity index is 2.26. The Morgan fingerprint density at radius 2 is 1.86 bits per heavy atom. The average molecular weight is 191 g/mol. The topological polar surface area (TPSA) is 64.1 Å². The fourth-order valence-electron chi connectivity index (χ4n) is 2.09. The van der Waals surface area contributed by atoms with Gasteiger partial charge in [-0.05, 0) is 43.5 Å². The zero-order valence-electron chi connectivity index (χ0n) is 8.29. The third-order valence-electron chi connectivity index (χ3n) is 2.95. The van der Waals surface area contributed by atoms with Crippen molar-refractivity contribution in [3.8, 4) is 0 Å². The van der Waals surface area contributed by atoms with Crippen molar-refractivity contribution >= 4 is 11.4 Å². The maximum Gasteiger partial charge on any atom is 0.0583 e. The number of anilines is 2. The normalized spacial score (nSPS) is 18.3. The van der Waals surface area contributed by atoms with Gasteiger partial charge in [-0.1, -0.05) is 12.1 Å². The smallest absolute Gasteiger partial charge is 0.0583 e. The molecule has 1 saturated heterocycles. The van der Waals surface area contributed by atoms with E-state index in [1.807, 2.05) is 12.1 Å². The first-order chi connectivity index (χ1) is 6.79. The Labute approximate surface area is 84.5 Å². The zero-order valence-corrected chi connectivity index (χ0v) is 8.29. The minimum atomic E-state index is 0.583. The molecule has 0 saturated carbocycles. The van der Waals surface area contributed by atoms with Crippen molar-refractivity contribution in [1.29, 1.82) is 0 Å². The van der Waals surface area contributed by atoms with Crippen LogP contribution in [0.4, 0.5) is 11.4 Å². The van der Waals surface area contributed by atoms with Gasteiger partial charge >= 0.3 is 0 Å². The lowest BCUT2D eigenvalue weighted by atomic mass is 9.89. The molecular formula is C11H17N3. The Kier molecular flexibility index (Phi) is 2.59. The van der Waals surface area contributed by atoms with Crippen molar-refractivity contribution in [1.82, 2.24) is 5.32 Å². The van der Waals surface area contributed by atoms with Crippen LogP contribution in [-0.2, 0) is 0 Å². The second-order valence-electron chi connectivity index (χ2n) is 3.87. The quantitative estimate of drug-likeness (QED) is 0.586. The number of piperidine rings is 1. The Morgan fingerprint density at radius 3 is 2.57 bits per heavy atom. The number of nitrogen functional groups attached to an aromatic ring is 2. The average Bonchev–Trinajstić information content (AvgIpc) is 2.23. The Hall–Kier alpha value is -1.22. The molecule has 1 heterocycles. The lowest BCUT2D eigenvalue weighted by Gasteiger charge is -2.24. The second-order valence-corrected chi connectivity index (χ2v) is 3.87. The molecule has 2 rings (SSSR count). The molecule has 14 heavy (non-hydrogen) atoms. The minimum Gasteiger partial charge on any atom is -0.397 e. The largest absolute Gasteiger partial charge is 0.397 e. The Bertz CT molecular complexity index is 316. The molecule has 1 fully saturated rings. The first-order valence-electron chi connectivity index (χ1n) is 5.13. The van der Waals surface area contributed by atoms with E-state index in [0.717, 1.165) is 31.6 Å². The van der Waals surface area contributed by atoms with Gasteiger partial charge in [-0.2, -0.15) is 0 Å². The number of hydrogen-bond donors (Lipinski definition) is 3. The molecule has 5 N–H and O–H groups in total. The number of nitrogens with two attached hydrogens (primary N) is 2. The molecule has 0 unspecified atom stereocenters. The van der Waals surface area contributed by atoms with E-state index >= 15 is 0 Å². The lowest BCUT2D eigenvalue weighted by Crippen LogP contribution is -2.27. The molecule has 1 aromatic rings. The van der Waals surface area contributed by atoms with Crippen molar-refractivity contribution in [3.63, 3.8) is 0 Å². The summed E-state index contributed by atoms with van der Waals surface area (Å²) in [6, 6.07) is 5.95. The summed E-state index contributed by atoms with van der Waals surface area (Å²) in [5.74, 6) is 0.583. The number of hydrogen-bond acceptors (Lipinski definition) is 3. The van der Waals surface area contributed by atoms with Crippen LogP contribution in [0, 0.1) is 0 Å². The summed E-state index contributed by atoms with van der Waals surface area (Å²) in [4.78, 5) is 0. The number of nitrogens with one attached hydrogen (secondary N) is 1. The van der Waals surface area contributed by atoms with Crippen molar-refractivity contribution in [2.75, 3.05) is 24.6 Å². The summed E-state index contributed by atoms with van der Waals surface area (Å²) in [6.45, 7) is 2.16. The summed E-state index contributed by atoms with van der Waals surface area (Å²) in [6.07, 6.45) is 2.32. The van der Waals surface area contributed by atoms with E-state index in [1.54, 1.807) is 0 Å². The van der Waals surface area contributed by atoms with Gasteiger partial charge in [0.1, 0.15) is 0 Å². The van der Waals surface area contributed by atoms with Crippen LogP contribution < -0.4 is 16.8 Å². The predicted octanol–water partition coefficient (Wildman–Crippen LogP) is 1.32. The predicted molar refractivity (Wildman–Crippen MR) is 60.1 cm³/mol. The number of para-hydroxylation sites is 1. The zero-order chi connectivity index (χ0) is 9.97. The highest BCUT2D eigenvalue weighted by Gasteiger charge is 2.17. The van der Waals surface area contributed by atoms with E-state index in [4.69, 9.17) is 11.5 Å². The highest BCUT2D eigenvalue weighted by Crippen LogP contribution is 2.32. The van der Waals surface area contributed by atoms with Crippen molar-refractivity contribution in [2.45, 2.75) is 18.8 Å². The maximum absolute atomic E-state index is 5.97. The van der Waals surface area contributed by atoms with E-state index in [9.17, 15) is 0 Å². The molecule has 0 bridgehead atoms. The van der Waals surface area contributed by atoms with Crippen LogP contribution in [-0.4, -0.2) is 13.1 Å². The van der Waals surface area contributed by atoms with Gasteiger partial charge in [0.2, 0.25) is 0 Å². The standard InChI is InChI=1S/C11H17N3/c12-10-3-1-2-9(11(10)13)8-4-6-14-7-5-8/h1-3,8,14H,4-7,12-13H2. The summed E-state index contributed by atoms with van der Waals surface area (Å²) in [7, 11) is 0. The summed E-state index contributed by atoms with van der Waals surface area (Å²) >= 11 is 0. The van der Waals surface area contributed by atoms with Gasteiger partial charge in [0.05, 0.1) is 11.4 Å². The molecule has 0 atom stereocenters. The molecule has 0 aromatic heterocycles. The van der Waals surface area contributed by atoms with Crippen LogP contribution in [0.1, 0.15) is 24.3 Å². The van der Waals surface area contributed by atoms with Crippen LogP contribution in [0.3, 0.4) is 0 Å². The maximum atomic E-state index is 5.97. The highest BCUT2D eigenvalue weighted by molar-refractivity contribution is 5.68. The van der Waals surface area contributed by atoms with Gasteiger partial charge in [-0.15, -0.1) is 0 Å². The van der Waals surface area contributed by atoms with Gasteiger partial charge < -0.3 is 16.8 Å². The van der Waals surface area contributed by atoms with E-state index in [1.165, 1.54) is 5.56 Å². The van der Waals surface area contributed by atoms with Crippen LogP contribution in [0.15, 0.2) is 18.2 Å². The van der Waals surface area contributed by atoms with Crippen molar-refractivity contribution < 1.29 is 0 Å². The minimum absolute atomic E-state index is 0.583. The first kappa shape index (κ1) is 9.34. The molecule has 1 aromatic carbocycles. The van der Waals surface area contributed by atoms with Gasteiger partial charge in [-0.25, -0.2) is 0 Å². The highest BCUT2D eigenvalue weighted by atomic mass is 14.9. The molecule has 0 amide bonds. The SMILES string of the molecule is Nc1cccc(C2CCNCC2)c1N. The van der Waals surface area contributed by atoms with Gasteiger partial charge in [0.25, 0.3) is 0 Å². The van der Waals surface area contributed by atoms with E-state index < -0.39 is 0 Å². The molecule has 1 aliphatic heterocycles. The van der Waals surface area contributed by atoms with Gasteiger partial charge in [-0.3, -0.25) is 0 Å². The Morgan fingerprint density at radius 1 is 1.14 bits per heavy atom. The fourth-order valence-corrected chi connectivity index (χ4v) is 2.09. The molecule has 3 heteroatoms. The molecular weight excluding hydrogens is 174 g/mol. The fraction of sp³-hybridized carbons (Fsp3) is 0.455. The molecule has 3 nitrogen and oxygen atoms in total. The van der Waals surface area contributed by atoms with Crippen molar-refractivity contribution in [2.24, 2.45) is 0 Å². The monoisotopic (exact) mass is 191 g/mol. The van der Waals surface area contributed by atoms with Crippen LogP contribution in [0.25, 0.3) is 0 Å². The van der Waals surface area contributed by atoms with Crippen LogP contribution in [0.2, 0.25) is 0 Å². The number of rotatable bonds is 1. The van der Waals surface area contributed by atoms with Gasteiger partial charge in [0.15, 0.2) is 0 Å². The third kappa shape index (κ3) is 1.68. The van der Waals surface area contributed by atoms with E-state index in [0.29, 0.717) is 11.6 Å². The van der Waals surface area contributed by atoms with Crippen molar-refractivity contribution in [3.05, 3.63) is 23.8 Å². The molecule has 0 spiro atoms. The van der Waals surface area contributed by atoms with Crippen LogP contribution in [0.5, 0.6) is 0 Å². The summed E-state index contributed by atoms with van der Waals surface area (Å²) in [5.41, 5.74) is 14.5. The number of benzene rings is 1. The van der Waals surface area contributed by atoms with Crippen LogP contribution >= 0.6 is 0 Å². The van der Waals surface area contributed by atoms with E-state index in [-0.39, 0.29) is 0 Å². The van der Waals surface area contributed by atoms with Gasteiger partial charge in [0, 0.05) is 0 Å². The van der Waals surface area contributed by atoms with E-state index in [2.05, 4.69) is 11.4 Å². The summed E-state index contributed by atoms with van der Waals surface area (Å²) in [5, 5.41) is 3.35. The molecule has 76 valence electrons. The lowest BCUT2D eigenvalue weighted by molar-refractivity contribution is 0.461. The second kappa shape index (κ2) is 3.88. The third-order valence-corrected chi connectivity index (χ3v) is 2.95. The first-order valence-corrected chi connectivity index (χ1v) is 5.13. The molecule has 0 aliphatic carbocycles.